The third-order valence-electron chi connectivity index (χ3n) is 5.56. The smallest absolute Gasteiger partial charge is 0.271 e. The van der Waals surface area contributed by atoms with E-state index in [9.17, 15) is 18.0 Å². The summed E-state index contributed by atoms with van der Waals surface area (Å²) in [5.74, 6) is -0.585. The molecule has 6 N–H and O–H groups in total. The van der Waals surface area contributed by atoms with Gasteiger partial charge in [0.25, 0.3) is 11.8 Å². The standard InChI is InChI=1S/C28H33N5O6S/c1-5-38-23-16-19(12-15-22(23)39-17(2)3)25(31-20-13-10-18(11-14-20)26(29)30)28(35)33-32-27(34)21-8-6-7-9-24(21)40(4,36)37/h6-17,25,31H,5H2,1-4H3,(H3,29,30)(H,32,34)(H,33,35). The Morgan fingerprint density at radius 3 is 2.25 bits per heavy atom. The number of carbonyl (C=O) groups excluding carboxylic acids is 2. The molecule has 0 aliphatic heterocycles. The lowest BCUT2D eigenvalue weighted by Crippen LogP contribution is -2.45. The fourth-order valence-corrected chi connectivity index (χ4v) is 4.66. The maximum atomic E-state index is 13.4. The van der Waals surface area contributed by atoms with Crippen LogP contribution < -0.4 is 31.4 Å². The second kappa shape index (κ2) is 13.0. The molecule has 0 aliphatic rings. The first-order valence-electron chi connectivity index (χ1n) is 12.4. The minimum atomic E-state index is -3.69. The summed E-state index contributed by atoms with van der Waals surface area (Å²) in [6, 6.07) is 16.3. The molecule has 11 nitrogen and oxygen atoms in total. The number of carbonyl (C=O) groups is 2. The van der Waals surface area contributed by atoms with Gasteiger partial charge in [0, 0.05) is 17.5 Å². The molecule has 0 spiro atoms. The van der Waals surface area contributed by atoms with Gasteiger partial charge < -0.3 is 20.5 Å². The number of rotatable bonds is 11. The van der Waals surface area contributed by atoms with Crippen LogP contribution in [0.3, 0.4) is 0 Å². The Morgan fingerprint density at radius 1 is 0.975 bits per heavy atom. The van der Waals surface area contributed by atoms with Crippen molar-refractivity contribution in [3.05, 3.63) is 83.4 Å². The Morgan fingerprint density at radius 2 is 1.65 bits per heavy atom. The summed E-state index contributed by atoms with van der Waals surface area (Å²) < 4.78 is 35.8. The van der Waals surface area contributed by atoms with Crippen molar-refractivity contribution >= 4 is 33.2 Å². The van der Waals surface area contributed by atoms with Gasteiger partial charge in [-0.05, 0) is 74.9 Å². The fourth-order valence-electron chi connectivity index (χ4n) is 3.77. The van der Waals surface area contributed by atoms with E-state index in [1.165, 1.54) is 24.3 Å². The van der Waals surface area contributed by atoms with E-state index in [1.807, 2.05) is 20.8 Å². The van der Waals surface area contributed by atoms with Gasteiger partial charge in [-0.25, -0.2) is 8.42 Å². The van der Waals surface area contributed by atoms with Gasteiger partial charge in [0.1, 0.15) is 11.9 Å². The number of hydrogen-bond donors (Lipinski definition) is 5. The molecule has 1 atom stereocenters. The molecule has 0 bridgehead atoms. The van der Waals surface area contributed by atoms with Gasteiger partial charge in [0.05, 0.1) is 23.2 Å². The molecule has 0 radical (unpaired) electrons. The first-order chi connectivity index (χ1) is 18.9. The number of nitrogen functional groups attached to an aromatic ring is 1. The van der Waals surface area contributed by atoms with Crippen LogP contribution >= 0.6 is 0 Å². The van der Waals surface area contributed by atoms with E-state index in [0.29, 0.717) is 34.9 Å². The predicted octanol–water partition coefficient (Wildman–Crippen LogP) is 3.17. The topological polar surface area (TPSA) is 173 Å². The molecule has 0 aromatic heterocycles. The highest BCUT2D eigenvalue weighted by Crippen LogP contribution is 2.33. The number of nitrogens with two attached hydrogens (primary N) is 1. The summed E-state index contributed by atoms with van der Waals surface area (Å²) in [7, 11) is -3.69. The van der Waals surface area contributed by atoms with Gasteiger partial charge >= 0.3 is 0 Å². The van der Waals surface area contributed by atoms with E-state index < -0.39 is 27.7 Å². The van der Waals surface area contributed by atoms with Crippen molar-refractivity contribution < 1.29 is 27.5 Å². The summed E-state index contributed by atoms with van der Waals surface area (Å²) in [4.78, 5) is 26.1. The normalized spacial score (nSPS) is 11.8. The average Bonchev–Trinajstić information content (AvgIpc) is 2.91. The molecule has 3 aromatic rings. The molecule has 0 fully saturated rings. The van der Waals surface area contributed by atoms with Crippen LogP contribution in [0.5, 0.6) is 11.5 Å². The van der Waals surface area contributed by atoms with Gasteiger partial charge in [-0.2, -0.15) is 0 Å². The third kappa shape index (κ3) is 7.73. The van der Waals surface area contributed by atoms with Crippen molar-refractivity contribution in [1.29, 1.82) is 5.41 Å². The quantitative estimate of drug-likeness (QED) is 0.133. The van der Waals surface area contributed by atoms with Crippen LogP contribution in [0, 0.1) is 5.41 Å². The number of benzene rings is 3. The molecule has 1 unspecified atom stereocenters. The summed E-state index contributed by atoms with van der Waals surface area (Å²) in [5.41, 5.74) is 11.7. The molecule has 0 saturated carbocycles. The Bertz CT molecular complexity index is 1490. The second-order valence-electron chi connectivity index (χ2n) is 9.09. The minimum Gasteiger partial charge on any atom is -0.490 e. The molecular formula is C28H33N5O6S. The Hall–Kier alpha value is -4.58. The predicted molar refractivity (Wildman–Crippen MR) is 152 cm³/mol. The molecule has 3 rings (SSSR count). The van der Waals surface area contributed by atoms with Crippen molar-refractivity contribution in [1.82, 2.24) is 10.9 Å². The van der Waals surface area contributed by atoms with Gasteiger partial charge in [-0.3, -0.25) is 25.8 Å². The van der Waals surface area contributed by atoms with Crippen molar-refractivity contribution in [3.8, 4) is 11.5 Å². The summed E-state index contributed by atoms with van der Waals surface area (Å²) in [6.07, 6.45) is 0.893. The van der Waals surface area contributed by atoms with Gasteiger partial charge in [0.2, 0.25) is 0 Å². The third-order valence-corrected chi connectivity index (χ3v) is 6.72. The molecule has 212 valence electrons. The van der Waals surface area contributed by atoms with Crippen LogP contribution in [-0.4, -0.2) is 45.0 Å². The van der Waals surface area contributed by atoms with E-state index in [1.54, 1.807) is 42.5 Å². The molecule has 0 aliphatic carbocycles. The van der Waals surface area contributed by atoms with E-state index >= 15 is 0 Å². The zero-order chi connectivity index (χ0) is 29.4. The Balaban J connectivity index is 1.92. The second-order valence-corrected chi connectivity index (χ2v) is 11.1. The van der Waals surface area contributed by atoms with E-state index in [4.69, 9.17) is 20.6 Å². The first kappa shape index (κ1) is 30.0. The van der Waals surface area contributed by atoms with E-state index in [2.05, 4.69) is 16.2 Å². The molecule has 0 saturated heterocycles. The zero-order valence-corrected chi connectivity index (χ0v) is 23.5. The van der Waals surface area contributed by atoms with E-state index in [0.717, 1.165) is 6.26 Å². The SMILES string of the molecule is CCOc1cc(C(Nc2ccc(C(=N)N)cc2)C(=O)NNC(=O)c2ccccc2S(C)(=O)=O)ccc1OC(C)C. The number of ether oxygens (including phenoxy) is 2. The maximum Gasteiger partial charge on any atom is 0.271 e. The number of sulfone groups is 1. The van der Waals surface area contributed by atoms with Crippen LogP contribution in [-0.2, 0) is 14.6 Å². The van der Waals surface area contributed by atoms with Crippen molar-refractivity contribution in [3.63, 3.8) is 0 Å². The maximum absolute atomic E-state index is 13.4. The highest BCUT2D eigenvalue weighted by molar-refractivity contribution is 7.90. The fraction of sp³-hybridized carbons (Fsp3) is 0.250. The average molecular weight is 568 g/mol. The van der Waals surface area contributed by atoms with Crippen molar-refractivity contribution in [2.24, 2.45) is 5.73 Å². The van der Waals surface area contributed by atoms with Gasteiger partial charge in [-0.15, -0.1) is 0 Å². The molecule has 12 heteroatoms. The van der Waals surface area contributed by atoms with Crippen LogP contribution in [0.25, 0.3) is 0 Å². The monoisotopic (exact) mass is 567 g/mol. The molecule has 2 amide bonds. The lowest BCUT2D eigenvalue weighted by Gasteiger charge is -2.22. The molecule has 0 heterocycles. The zero-order valence-electron chi connectivity index (χ0n) is 22.6. The van der Waals surface area contributed by atoms with Gasteiger partial charge in [-0.1, -0.05) is 18.2 Å². The summed E-state index contributed by atoms with van der Waals surface area (Å²) in [6.45, 7) is 5.97. The highest BCUT2D eigenvalue weighted by Gasteiger charge is 2.25. The molecule has 40 heavy (non-hydrogen) atoms. The Kier molecular flexibility index (Phi) is 9.73. The lowest BCUT2D eigenvalue weighted by atomic mass is 10.0. The number of amidine groups is 1. The van der Waals surface area contributed by atoms with Crippen LogP contribution in [0.1, 0.15) is 48.3 Å². The number of amides is 2. The first-order valence-corrected chi connectivity index (χ1v) is 14.3. The number of nitrogens with one attached hydrogen (secondary N) is 4. The van der Waals surface area contributed by atoms with Crippen molar-refractivity contribution in [2.75, 3.05) is 18.2 Å². The number of anilines is 1. The van der Waals surface area contributed by atoms with Crippen LogP contribution in [0.2, 0.25) is 0 Å². The van der Waals surface area contributed by atoms with Gasteiger partial charge in [0.15, 0.2) is 21.3 Å². The summed E-state index contributed by atoms with van der Waals surface area (Å²) >= 11 is 0. The molecular weight excluding hydrogens is 534 g/mol. The van der Waals surface area contributed by atoms with Crippen LogP contribution in [0.4, 0.5) is 5.69 Å². The Labute approximate surface area is 233 Å². The summed E-state index contributed by atoms with van der Waals surface area (Å²) in [5, 5.41) is 10.7. The highest BCUT2D eigenvalue weighted by atomic mass is 32.2. The number of hydrogen-bond acceptors (Lipinski definition) is 8. The van der Waals surface area contributed by atoms with E-state index in [-0.39, 0.29) is 22.4 Å². The lowest BCUT2D eigenvalue weighted by molar-refractivity contribution is -0.122. The largest absolute Gasteiger partial charge is 0.490 e. The number of hydrazine groups is 1. The van der Waals surface area contributed by atoms with Crippen molar-refractivity contribution in [2.45, 2.75) is 37.8 Å². The van der Waals surface area contributed by atoms with Crippen LogP contribution in [0.15, 0.2) is 71.6 Å². The molecule has 3 aromatic carbocycles. The minimum absolute atomic E-state index is 0.0972.